The first-order valence-corrected chi connectivity index (χ1v) is 9.53. The molecule has 0 bridgehead atoms. The van der Waals surface area contributed by atoms with Gasteiger partial charge in [0.15, 0.2) is 28.4 Å². The van der Waals surface area contributed by atoms with Crippen LogP contribution in [0, 0.1) is 0 Å². The van der Waals surface area contributed by atoms with E-state index in [1.54, 1.807) is 17.2 Å². The summed E-state index contributed by atoms with van der Waals surface area (Å²) in [7, 11) is 0. The van der Waals surface area contributed by atoms with Crippen LogP contribution in [-0.4, -0.2) is 67.8 Å². The van der Waals surface area contributed by atoms with Crippen molar-refractivity contribution < 1.29 is 9.59 Å². The lowest BCUT2D eigenvalue weighted by molar-refractivity contribution is 0.0663. The van der Waals surface area contributed by atoms with Crippen molar-refractivity contribution in [2.45, 2.75) is 18.4 Å². The summed E-state index contributed by atoms with van der Waals surface area (Å²) in [5.41, 5.74) is 11.1. The summed E-state index contributed by atoms with van der Waals surface area (Å²) >= 11 is 5.82. The molecule has 156 valence electrons. The zero-order valence-corrected chi connectivity index (χ0v) is 16.6. The second kappa shape index (κ2) is 7.71. The monoisotopic (exact) mass is 430 g/mol. The molecule has 0 radical (unpaired) electrons. The molecule has 2 fully saturated rings. The zero-order valence-electron chi connectivity index (χ0n) is 15.8. The van der Waals surface area contributed by atoms with Gasteiger partial charge in [0.1, 0.15) is 12.0 Å². The van der Waals surface area contributed by atoms with Crippen molar-refractivity contribution in [2.75, 3.05) is 31.1 Å². The number of carbonyl (C=O) groups excluding carboxylic acids is 2. The van der Waals surface area contributed by atoms with E-state index in [1.807, 2.05) is 0 Å². The molecule has 2 aliphatic heterocycles. The van der Waals surface area contributed by atoms with Gasteiger partial charge in [-0.3, -0.25) is 9.59 Å². The number of nitrogens with two attached hydrogens (primary N) is 2. The number of hydrogen-bond acceptors (Lipinski definition) is 8. The molecule has 0 aromatic carbocycles. The Morgan fingerprint density at radius 3 is 2.67 bits per heavy atom. The lowest BCUT2D eigenvalue weighted by atomic mass is 9.88. The molecular weight excluding hydrogens is 412 g/mol. The maximum absolute atomic E-state index is 12.5. The van der Waals surface area contributed by atoms with E-state index in [0.717, 1.165) is 0 Å². The molecule has 0 atom stereocenters. The van der Waals surface area contributed by atoms with E-state index >= 15 is 0 Å². The first-order valence-electron chi connectivity index (χ1n) is 9.16. The molecule has 2 amide bonds. The number of carbonyl (C=O) groups is 2. The van der Waals surface area contributed by atoms with Crippen molar-refractivity contribution in [1.82, 2.24) is 35.5 Å². The van der Waals surface area contributed by atoms with Gasteiger partial charge < -0.3 is 27.0 Å². The van der Waals surface area contributed by atoms with Gasteiger partial charge in [0.05, 0.1) is 5.54 Å². The fourth-order valence-electron chi connectivity index (χ4n) is 3.43. The summed E-state index contributed by atoms with van der Waals surface area (Å²) in [6.45, 7) is 1.66. The van der Waals surface area contributed by atoms with Crippen LogP contribution in [-0.2, 0) is 0 Å². The number of nitrogens with one attached hydrogen (secondary N) is 2. The highest BCUT2D eigenvalue weighted by Gasteiger charge is 2.41. The predicted molar refractivity (Wildman–Crippen MR) is 109 cm³/mol. The number of amides is 2. The van der Waals surface area contributed by atoms with Crippen molar-refractivity contribution in [2.24, 2.45) is 4.99 Å². The molecule has 30 heavy (non-hydrogen) atoms. The van der Waals surface area contributed by atoms with Crippen molar-refractivity contribution >= 4 is 41.0 Å². The Morgan fingerprint density at radius 1 is 1.20 bits per heavy atom. The SMILES string of the molecule is Nc1nc(N)c(C(=O)/N=C2\NCC3(CCN(C(=O)c4ccncn4)CC3)N2)nc1Cl. The average Bonchev–Trinajstić information content (AvgIpc) is 3.13. The van der Waals surface area contributed by atoms with Gasteiger partial charge in [-0.2, -0.15) is 4.99 Å². The first-order chi connectivity index (χ1) is 14.4. The number of likely N-dealkylation sites (tertiary alicyclic amines) is 1. The molecule has 6 N–H and O–H groups in total. The number of nitrogen functional groups attached to an aromatic ring is 2. The van der Waals surface area contributed by atoms with Gasteiger partial charge in [-0.1, -0.05) is 11.6 Å². The lowest BCUT2D eigenvalue weighted by Crippen LogP contribution is -2.53. The smallest absolute Gasteiger partial charge is 0.302 e. The quantitative estimate of drug-likeness (QED) is 0.483. The Balaban J connectivity index is 1.40. The fourth-order valence-corrected chi connectivity index (χ4v) is 3.56. The minimum Gasteiger partial charge on any atom is -0.382 e. The standard InChI is InChI=1S/C17H19ClN10O2/c18-11-13(20)25-12(19)10(24-11)14(29)26-16-22-7-17(27-16)2-5-28(6-3-17)15(30)9-1-4-21-8-23-9/h1,4,8H,2-3,5-7H2,(H4,19,20,25)(H2,22,26,27,29). The van der Waals surface area contributed by atoms with Gasteiger partial charge in [-0.05, 0) is 18.9 Å². The van der Waals surface area contributed by atoms with E-state index in [-0.39, 0.29) is 33.9 Å². The number of nitrogens with zero attached hydrogens (tertiary/aromatic N) is 6. The highest BCUT2D eigenvalue weighted by Crippen LogP contribution is 2.25. The molecule has 13 heteroatoms. The number of anilines is 2. The molecule has 2 aliphatic rings. The fraction of sp³-hybridized carbons (Fsp3) is 0.353. The van der Waals surface area contributed by atoms with E-state index in [1.165, 1.54) is 6.33 Å². The van der Waals surface area contributed by atoms with Crippen LogP contribution >= 0.6 is 11.6 Å². The highest BCUT2D eigenvalue weighted by atomic mass is 35.5. The van der Waals surface area contributed by atoms with Gasteiger partial charge in [-0.25, -0.2) is 19.9 Å². The van der Waals surface area contributed by atoms with Crippen LogP contribution in [0.4, 0.5) is 11.6 Å². The Morgan fingerprint density at radius 2 is 1.97 bits per heavy atom. The Hall–Kier alpha value is -3.54. The number of guanidine groups is 1. The minimum atomic E-state index is -0.690. The topological polar surface area (TPSA) is 177 Å². The molecule has 2 saturated heterocycles. The Bertz CT molecular complexity index is 1020. The molecule has 2 aromatic rings. The molecule has 0 unspecified atom stereocenters. The third-order valence-electron chi connectivity index (χ3n) is 5.11. The van der Waals surface area contributed by atoms with Crippen molar-refractivity contribution in [3.63, 3.8) is 0 Å². The number of piperidine rings is 1. The van der Waals surface area contributed by atoms with Crippen LogP contribution in [0.1, 0.15) is 33.8 Å². The van der Waals surface area contributed by atoms with E-state index in [9.17, 15) is 9.59 Å². The largest absolute Gasteiger partial charge is 0.382 e. The molecule has 4 rings (SSSR count). The van der Waals surface area contributed by atoms with Gasteiger partial charge in [0.2, 0.25) is 0 Å². The summed E-state index contributed by atoms with van der Waals surface area (Å²) in [6, 6.07) is 1.59. The van der Waals surface area contributed by atoms with Crippen molar-refractivity contribution in [3.8, 4) is 0 Å². The Labute approximate surface area is 176 Å². The first kappa shape index (κ1) is 19.8. The number of hydrogen-bond donors (Lipinski definition) is 4. The van der Waals surface area contributed by atoms with Crippen LogP contribution in [0.25, 0.3) is 0 Å². The average molecular weight is 431 g/mol. The molecule has 1 spiro atoms. The molecule has 2 aromatic heterocycles. The zero-order chi connectivity index (χ0) is 21.3. The second-order valence-corrected chi connectivity index (χ2v) is 7.40. The van der Waals surface area contributed by atoms with Crippen LogP contribution in [0.15, 0.2) is 23.6 Å². The van der Waals surface area contributed by atoms with Crippen molar-refractivity contribution in [1.29, 1.82) is 0 Å². The van der Waals surface area contributed by atoms with Crippen LogP contribution in [0.3, 0.4) is 0 Å². The van der Waals surface area contributed by atoms with E-state index in [2.05, 4.69) is 35.6 Å². The number of rotatable bonds is 2. The van der Waals surface area contributed by atoms with Crippen LogP contribution in [0.2, 0.25) is 5.15 Å². The summed E-state index contributed by atoms with van der Waals surface area (Å²) in [4.78, 5) is 46.2. The van der Waals surface area contributed by atoms with Gasteiger partial charge in [0.25, 0.3) is 5.91 Å². The summed E-state index contributed by atoms with van der Waals surface area (Å²) < 4.78 is 0. The second-order valence-electron chi connectivity index (χ2n) is 7.04. The molecule has 0 saturated carbocycles. The normalized spacial score (nSPS) is 18.8. The maximum atomic E-state index is 12.5. The van der Waals surface area contributed by atoms with E-state index < -0.39 is 5.91 Å². The summed E-state index contributed by atoms with van der Waals surface area (Å²) in [5.74, 6) is -0.709. The van der Waals surface area contributed by atoms with Crippen LogP contribution in [0.5, 0.6) is 0 Å². The number of halogens is 1. The van der Waals surface area contributed by atoms with Gasteiger partial charge >= 0.3 is 5.91 Å². The van der Waals surface area contributed by atoms with Gasteiger partial charge in [-0.15, -0.1) is 0 Å². The van der Waals surface area contributed by atoms with E-state index in [0.29, 0.717) is 44.1 Å². The third kappa shape index (κ3) is 3.81. The molecule has 12 nitrogen and oxygen atoms in total. The minimum absolute atomic E-state index is 0.0577. The summed E-state index contributed by atoms with van der Waals surface area (Å²) in [5, 5.41) is 6.23. The number of aromatic nitrogens is 4. The Kier molecular flexibility index (Phi) is 5.08. The number of aliphatic imine (C=N–C) groups is 1. The summed E-state index contributed by atoms with van der Waals surface area (Å²) in [6.07, 6.45) is 4.25. The maximum Gasteiger partial charge on any atom is 0.302 e. The lowest BCUT2D eigenvalue weighted by Gasteiger charge is -2.38. The predicted octanol–water partition coefficient (Wildman–Crippen LogP) is -0.552. The third-order valence-corrected chi connectivity index (χ3v) is 5.39. The van der Waals surface area contributed by atoms with E-state index in [4.69, 9.17) is 23.1 Å². The van der Waals surface area contributed by atoms with Gasteiger partial charge in [0, 0.05) is 25.8 Å². The molecular formula is C17H19ClN10O2. The highest BCUT2D eigenvalue weighted by molar-refractivity contribution is 6.31. The molecule has 4 heterocycles. The molecule has 0 aliphatic carbocycles. The van der Waals surface area contributed by atoms with Crippen LogP contribution < -0.4 is 22.1 Å². The van der Waals surface area contributed by atoms with Crippen molar-refractivity contribution in [3.05, 3.63) is 35.1 Å².